The second kappa shape index (κ2) is 6.68. The van der Waals surface area contributed by atoms with E-state index < -0.39 is 11.9 Å². The van der Waals surface area contributed by atoms with E-state index in [0.29, 0.717) is 27.3 Å². The van der Waals surface area contributed by atoms with Gasteiger partial charge in [0.1, 0.15) is 10.6 Å². The van der Waals surface area contributed by atoms with E-state index in [-0.39, 0.29) is 11.9 Å². The van der Waals surface area contributed by atoms with Crippen LogP contribution in [0.5, 0.6) is 0 Å². The number of nitrogens with one attached hydrogen (secondary N) is 1. The Kier molecular flexibility index (Phi) is 4.30. The summed E-state index contributed by atoms with van der Waals surface area (Å²) in [4.78, 5) is 24.4. The van der Waals surface area contributed by atoms with Gasteiger partial charge < -0.3 is 0 Å². The summed E-state index contributed by atoms with van der Waals surface area (Å²) in [5, 5.41) is 6.80. The number of carbonyl (C=O) groups excluding carboxylic acids is 1. The fraction of sp³-hybridized carbons (Fsp3) is 0.118. The van der Waals surface area contributed by atoms with Gasteiger partial charge >= 0.3 is 6.18 Å². The summed E-state index contributed by atoms with van der Waals surface area (Å²) in [5.74, 6) is -0.247. The first-order chi connectivity index (χ1) is 13.3. The highest BCUT2D eigenvalue weighted by atomic mass is 32.1. The zero-order valence-corrected chi connectivity index (χ0v) is 15.0. The number of fused-ring (bicyclic) bond motifs is 1. The van der Waals surface area contributed by atoms with Crippen LogP contribution >= 0.6 is 11.3 Å². The van der Waals surface area contributed by atoms with Crippen molar-refractivity contribution in [2.75, 3.05) is 5.32 Å². The Morgan fingerprint density at radius 1 is 1.14 bits per heavy atom. The number of alkyl halides is 3. The molecule has 0 aliphatic rings. The Morgan fingerprint density at radius 3 is 2.57 bits per heavy atom. The van der Waals surface area contributed by atoms with Gasteiger partial charge in [-0.3, -0.25) is 15.1 Å². The van der Waals surface area contributed by atoms with Crippen LogP contribution in [0.1, 0.15) is 21.1 Å². The molecule has 1 N–H and O–H groups in total. The summed E-state index contributed by atoms with van der Waals surface area (Å²) in [7, 11) is 0. The zero-order valence-electron chi connectivity index (χ0n) is 14.2. The third-order valence-electron chi connectivity index (χ3n) is 3.90. The average Bonchev–Trinajstić information content (AvgIpc) is 3.25. The second-order valence-electron chi connectivity index (χ2n) is 5.81. The fourth-order valence-corrected chi connectivity index (χ4v) is 3.21. The van der Waals surface area contributed by atoms with Gasteiger partial charge in [0.2, 0.25) is 5.95 Å². The van der Waals surface area contributed by atoms with Gasteiger partial charge in [-0.1, -0.05) is 6.07 Å². The normalized spacial score (nSPS) is 11.7. The van der Waals surface area contributed by atoms with Crippen molar-refractivity contribution in [3.63, 3.8) is 0 Å². The van der Waals surface area contributed by atoms with Gasteiger partial charge in [0.15, 0.2) is 5.65 Å². The van der Waals surface area contributed by atoms with Crippen LogP contribution in [0.4, 0.5) is 19.1 Å². The Balaban J connectivity index is 1.60. The summed E-state index contributed by atoms with van der Waals surface area (Å²) in [5.41, 5.74) is 2.81. The van der Waals surface area contributed by atoms with Crippen LogP contribution in [0, 0.1) is 6.92 Å². The first-order valence-electron chi connectivity index (χ1n) is 7.93. The van der Waals surface area contributed by atoms with E-state index in [4.69, 9.17) is 0 Å². The van der Waals surface area contributed by atoms with Gasteiger partial charge in [-0.15, -0.1) is 16.4 Å². The second-order valence-corrected chi connectivity index (χ2v) is 6.66. The van der Waals surface area contributed by atoms with Crippen molar-refractivity contribution in [3.05, 3.63) is 58.4 Å². The number of halogens is 3. The monoisotopic (exact) mass is 404 g/mol. The molecule has 11 heteroatoms. The number of nitrogens with zero attached hydrogens (tertiary/aromatic N) is 5. The van der Waals surface area contributed by atoms with E-state index in [2.05, 4.69) is 25.4 Å². The number of amides is 1. The minimum Gasteiger partial charge on any atom is -0.288 e. The largest absolute Gasteiger partial charge is 0.433 e. The lowest BCUT2D eigenvalue weighted by Crippen LogP contribution is -2.12. The number of carbonyl (C=O) groups is 1. The molecule has 28 heavy (non-hydrogen) atoms. The number of hydrogen-bond acceptors (Lipinski definition) is 6. The first kappa shape index (κ1) is 18.0. The van der Waals surface area contributed by atoms with Crippen molar-refractivity contribution >= 4 is 28.8 Å². The zero-order chi connectivity index (χ0) is 19.9. The molecule has 0 bridgehead atoms. The molecule has 7 nitrogen and oxygen atoms in total. The predicted octanol–water partition coefficient (Wildman–Crippen LogP) is 3.83. The summed E-state index contributed by atoms with van der Waals surface area (Å²) in [6.07, 6.45) is -1.74. The van der Waals surface area contributed by atoms with E-state index in [9.17, 15) is 18.0 Å². The van der Waals surface area contributed by atoms with Gasteiger partial charge in [0, 0.05) is 23.5 Å². The van der Waals surface area contributed by atoms with Crippen molar-refractivity contribution in [1.82, 2.24) is 24.6 Å². The van der Waals surface area contributed by atoms with Crippen molar-refractivity contribution in [3.8, 4) is 11.1 Å². The summed E-state index contributed by atoms with van der Waals surface area (Å²) >= 11 is 1.21. The predicted molar refractivity (Wildman–Crippen MR) is 96.0 cm³/mol. The molecule has 0 aromatic carbocycles. The van der Waals surface area contributed by atoms with Crippen molar-refractivity contribution in [2.45, 2.75) is 13.1 Å². The molecule has 0 spiro atoms. The van der Waals surface area contributed by atoms with E-state index >= 15 is 0 Å². The quantitative estimate of drug-likeness (QED) is 0.561. The Labute approximate surface area is 159 Å². The van der Waals surface area contributed by atoms with Crippen molar-refractivity contribution in [2.24, 2.45) is 0 Å². The van der Waals surface area contributed by atoms with Crippen LogP contribution in [0.25, 0.3) is 16.8 Å². The van der Waals surface area contributed by atoms with Crippen LogP contribution < -0.4 is 5.32 Å². The number of anilines is 1. The molecule has 4 aromatic rings. The highest BCUT2D eigenvalue weighted by Gasteiger charge is 2.32. The summed E-state index contributed by atoms with van der Waals surface area (Å²) in [6.45, 7) is 1.73. The molecule has 142 valence electrons. The SMILES string of the molecule is Cc1ncsc1C(=O)Nc1nc2ccc(-c3ccc(C(F)(F)F)nc3)cn2n1. The standard InChI is InChI=1S/C17H11F3N6OS/c1-9-14(28-8-22-9)15(27)24-16-23-13-5-3-11(7-26(13)25-16)10-2-4-12(21-6-10)17(18,19)20/h2-8H,1H3,(H,24,25,27). The average molecular weight is 404 g/mol. The highest BCUT2D eigenvalue weighted by Crippen LogP contribution is 2.29. The lowest BCUT2D eigenvalue weighted by molar-refractivity contribution is -0.141. The van der Waals surface area contributed by atoms with Gasteiger partial charge in [0.25, 0.3) is 5.91 Å². The molecule has 0 saturated carbocycles. The number of aryl methyl sites for hydroxylation is 1. The number of thiazole rings is 1. The number of hydrogen-bond donors (Lipinski definition) is 1. The third-order valence-corrected chi connectivity index (χ3v) is 4.82. The van der Waals surface area contributed by atoms with E-state index in [1.165, 1.54) is 21.9 Å². The number of aromatic nitrogens is 5. The molecule has 4 aromatic heterocycles. The molecule has 0 unspecified atom stereocenters. The van der Waals surface area contributed by atoms with Crippen molar-refractivity contribution in [1.29, 1.82) is 0 Å². The van der Waals surface area contributed by atoms with Crippen molar-refractivity contribution < 1.29 is 18.0 Å². The molecule has 0 atom stereocenters. The molecule has 0 saturated heterocycles. The molecule has 0 radical (unpaired) electrons. The Morgan fingerprint density at radius 2 is 1.93 bits per heavy atom. The van der Waals surface area contributed by atoms with Gasteiger partial charge in [-0.25, -0.2) is 9.50 Å². The maximum atomic E-state index is 12.6. The third kappa shape index (κ3) is 3.43. The molecule has 1 amide bonds. The lowest BCUT2D eigenvalue weighted by Gasteiger charge is -2.06. The number of pyridine rings is 2. The van der Waals surface area contributed by atoms with Gasteiger partial charge in [-0.05, 0) is 25.1 Å². The van der Waals surface area contributed by atoms with Crippen LogP contribution in [0.3, 0.4) is 0 Å². The molecular formula is C17H11F3N6OS. The van der Waals surface area contributed by atoms with Crippen LogP contribution in [-0.4, -0.2) is 30.5 Å². The topological polar surface area (TPSA) is 85.1 Å². The van der Waals surface area contributed by atoms with E-state index in [1.54, 1.807) is 30.8 Å². The van der Waals surface area contributed by atoms with Gasteiger partial charge in [-0.2, -0.15) is 18.2 Å². The lowest BCUT2D eigenvalue weighted by atomic mass is 10.1. The maximum absolute atomic E-state index is 12.6. The molecule has 0 aliphatic carbocycles. The van der Waals surface area contributed by atoms with E-state index in [1.807, 2.05) is 0 Å². The molecule has 0 fully saturated rings. The first-order valence-corrected chi connectivity index (χ1v) is 8.81. The smallest absolute Gasteiger partial charge is 0.288 e. The van der Waals surface area contributed by atoms with Crippen LogP contribution in [-0.2, 0) is 6.18 Å². The summed E-state index contributed by atoms with van der Waals surface area (Å²) in [6, 6.07) is 5.59. The Bertz CT molecular complexity index is 1170. The Hall–Kier alpha value is -3.34. The van der Waals surface area contributed by atoms with Crippen LogP contribution in [0.2, 0.25) is 0 Å². The molecule has 4 heterocycles. The maximum Gasteiger partial charge on any atom is 0.433 e. The highest BCUT2D eigenvalue weighted by molar-refractivity contribution is 7.12. The summed E-state index contributed by atoms with van der Waals surface area (Å²) < 4.78 is 39.4. The molecular weight excluding hydrogens is 393 g/mol. The minimum atomic E-state index is -4.49. The van der Waals surface area contributed by atoms with Gasteiger partial charge in [0.05, 0.1) is 11.2 Å². The number of rotatable bonds is 3. The fourth-order valence-electron chi connectivity index (χ4n) is 2.52. The molecule has 4 rings (SSSR count). The van der Waals surface area contributed by atoms with E-state index in [0.717, 1.165) is 12.3 Å². The minimum absolute atomic E-state index is 0.112. The van der Waals surface area contributed by atoms with Crippen LogP contribution in [0.15, 0.2) is 42.2 Å². The molecule has 0 aliphatic heterocycles.